The lowest BCUT2D eigenvalue weighted by Gasteiger charge is -2.57. The molecular formula is C32H50O6. The maximum absolute atomic E-state index is 12.2. The molecule has 4 aliphatic rings. The maximum Gasteiger partial charge on any atom is 0.302 e. The van der Waals surface area contributed by atoms with Crippen LogP contribution in [0.15, 0.2) is 23.3 Å². The number of fused-ring (bicyclic) bond motifs is 5. The molecule has 6 heteroatoms. The first-order chi connectivity index (χ1) is 17.7. The average molecular weight is 531 g/mol. The third-order valence-electron chi connectivity index (χ3n) is 10.9. The van der Waals surface area contributed by atoms with Crippen molar-refractivity contribution in [1.29, 1.82) is 0 Å². The molecule has 38 heavy (non-hydrogen) atoms. The van der Waals surface area contributed by atoms with Gasteiger partial charge in [-0.05, 0) is 81.5 Å². The molecule has 4 rings (SSSR count). The van der Waals surface area contributed by atoms with Crippen molar-refractivity contribution in [2.45, 2.75) is 124 Å². The number of hydrogen-bond donors (Lipinski definition) is 1. The van der Waals surface area contributed by atoms with E-state index in [1.165, 1.54) is 37.8 Å². The first-order valence-corrected chi connectivity index (χ1v) is 14.7. The quantitative estimate of drug-likeness (QED) is 0.379. The van der Waals surface area contributed by atoms with Gasteiger partial charge in [0.1, 0.15) is 12.2 Å². The number of carbonyl (C=O) groups excluding carboxylic acids is 2. The highest BCUT2D eigenvalue weighted by atomic mass is 16.6. The van der Waals surface area contributed by atoms with Gasteiger partial charge in [-0.25, -0.2) is 0 Å². The van der Waals surface area contributed by atoms with Crippen LogP contribution in [0.4, 0.5) is 0 Å². The normalized spacial score (nSPS) is 38.1. The second-order valence-corrected chi connectivity index (χ2v) is 13.7. The zero-order valence-corrected chi connectivity index (χ0v) is 24.8. The fourth-order valence-corrected chi connectivity index (χ4v) is 8.95. The Morgan fingerprint density at radius 2 is 1.76 bits per heavy atom. The Bertz CT molecular complexity index is 975. The second kappa shape index (κ2) is 10.7. The topological polar surface area (TPSA) is 82.1 Å². The molecule has 1 N–H and O–H groups in total. The molecular weight excluding hydrogens is 480 g/mol. The minimum absolute atomic E-state index is 0.133. The molecule has 214 valence electrons. The number of methoxy groups -OCH3 is 1. The molecule has 9 atom stereocenters. The molecule has 3 fully saturated rings. The highest BCUT2D eigenvalue weighted by molar-refractivity contribution is 5.67. The van der Waals surface area contributed by atoms with Crippen LogP contribution in [0, 0.1) is 34.5 Å². The standard InChI is InChI=1S/C32H50O6/c1-19(28(36-8)14-15-30(4,5)35)25-11-12-26-24-10-9-22-17-23(37-20(2)33)18-29(38-21(3)34)32(22,7)27(24)13-16-31(25,26)6/h9-10,19,23,25-29,35H,11-18H2,1-8H3/t19-,23+,25+,26-,27-,28+,29-,31+,32-/m0/s1. The van der Waals surface area contributed by atoms with Crippen LogP contribution in [0.1, 0.15) is 99.8 Å². The van der Waals surface area contributed by atoms with E-state index in [4.69, 9.17) is 14.2 Å². The fourth-order valence-electron chi connectivity index (χ4n) is 8.95. The molecule has 0 radical (unpaired) electrons. The van der Waals surface area contributed by atoms with E-state index in [9.17, 15) is 14.7 Å². The van der Waals surface area contributed by atoms with Gasteiger partial charge >= 0.3 is 11.9 Å². The molecule has 0 aliphatic heterocycles. The van der Waals surface area contributed by atoms with E-state index in [0.29, 0.717) is 36.5 Å². The minimum atomic E-state index is -0.685. The number of esters is 2. The van der Waals surface area contributed by atoms with E-state index in [1.807, 2.05) is 21.0 Å². The van der Waals surface area contributed by atoms with E-state index in [-0.39, 0.29) is 41.1 Å². The van der Waals surface area contributed by atoms with Gasteiger partial charge in [0.15, 0.2) is 0 Å². The van der Waals surface area contributed by atoms with Crippen molar-refractivity contribution in [2.75, 3.05) is 7.11 Å². The van der Waals surface area contributed by atoms with Crippen molar-refractivity contribution in [2.24, 2.45) is 34.5 Å². The van der Waals surface area contributed by atoms with Crippen LogP contribution < -0.4 is 0 Å². The summed E-state index contributed by atoms with van der Waals surface area (Å²) in [6, 6.07) is 0. The number of ether oxygens (including phenoxy) is 3. The molecule has 0 saturated heterocycles. The van der Waals surface area contributed by atoms with Crippen LogP contribution in [0.25, 0.3) is 0 Å². The van der Waals surface area contributed by atoms with Gasteiger partial charge in [0, 0.05) is 39.2 Å². The van der Waals surface area contributed by atoms with Gasteiger partial charge in [0.25, 0.3) is 0 Å². The number of allylic oxidation sites excluding steroid dienone is 3. The van der Waals surface area contributed by atoms with Crippen molar-refractivity contribution >= 4 is 11.9 Å². The first-order valence-electron chi connectivity index (χ1n) is 14.7. The Hall–Kier alpha value is -1.66. The largest absolute Gasteiger partial charge is 0.462 e. The highest BCUT2D eigenvalue weighted by Crippen LogP contribution is 2.66. The van der Waals surface area contributed by atoms with Crippen molar-refractivity contribution in [3.8, 4) is 0 Å². The van der Waals surface area contributed by atoms with Crippen LogP contribution in [-0.2, 0) is 23.8 Å². The molecule has 0 aromatic rings. The summed E-state index contributed by atoms with van der Waals surface area (Å²) in [4.78, 5) is 23.9. The van der Waals surface area contributed by atoms with Crippen LogP contribution >= 0.6 is 0 Å². The van der Waals surface area contributed by atoms with Gasteiger partial charge in [0.2, 0.25) is 0 Å². The second-order valence-electron chi connectivity index (χ2n) is 13.7. The first kappa shape index (κ1) is 29.3. The summed E-state index contributed by atoms with van der Waals surface area (Å²) in [6.45, 7) is 13.8. The summed E-state index contributed by atoms with van der Waals surface area (Å²) in [7, 11) is 1.81. The number of hydrogen-bond acceptors (Lipinski definition) is 6. The van der Waals surface area contributed by atoms with Crippen LogP contribution in [0.5, 0.6) is 0 Å². The summed E-state index contributed by atoms with van der Waals surface area (Å²) in [5.74, 6) is 1.23. The van der Waals surface area contributed by atoms with Crippen LogP contribution in [-0.4, -0.2) is 48.1 Å². The summed E-state index contributed by atoms with van der Waals surface area (Å²) in [5.41, 5.74) is 2.00. The maximum atomic E-state index is 12.2. The summed E-state index contributed by atoms with van der Waals surface area (Å²) < 4.78 is 17.6. The van der Waals surface area contributed by atoms with Gasteiger partial charge in [-0.2, -0.15) is 0 Å². The lowest BCUT2D eigenvalue weighted by Crippen LogP contribution is -2.54. The van der Waals surface area contributed by atoms with E-state index in [1.54, 1.807) is 0 Å². The molecule has 0 aromatic carbocycles. The SMILES string of the molecule is CO[C@H](CCC(C)(C)O)[C@@H](C)[C@H]1CC[C@H]2C3=CC=C4C[C@@H](OC(C)=O)C[C@H](OC(C)=O)[C@]4(C)[C@H]3CC[C@]12C. The number of rotatable bonds is 8. The average Bonchev–Trinajstić information content (AvgIpc) is 3.16. The Labute approximate surface area is 229 Å². The molecule has 0 unspecified atom stereocenters. The Morgan fingerprint density at radius 1 is 1.08 bits per heavy atom. The highest BCUT2D eigenvalue weighted by Gasteiger charge is 2.60. The zero-order chi connectivity index (χ0) is 28.0. The van der Waals surface area contributed by atoms with Crippen LogP contribution in [0.3, 0.4) is 0 Å². The van der Waals surface area contributed by atoms with E-state index >= 15 is 0 Å². The van der Waals surface area contributed by atoms with Gasteiger partial charge in [-0.1, -0.05) is 44.1 Å². The van der Waals surface area contributed by atoms with Gasteiger partial charge in [-0.3, -0.25) is 9.59 Å². The number of carbonyl (C=O) groups is 2. The molecule has 6 nitrogen and oxygen atoms in total. The Kier molecular flexibility index (Phi) is 8.28. The summed E-state index contributed by atoms with van der Waals surface area (Å²) >= 11 is 0. The van der Waals surface area contributed by atoms with Crippen molar-refractivity contribution < 1.29 is 28.9 Å². The molecule has 0 heterocycles. The smallest absolute Gasteiger partial charge is 0.302 e. The lowest BCUT2D eigenvalue weighted by molar-refractivity contribution is -0.165. The third-order valence-corrected chi connectivity index (χ3v) is 10.9. The van der Waals surface area contributed by atoms with Crippen LogP contribution in [0.2, 0.25) is 0 Å². The van der Waals surface area contributed by atoms with Crippen molar-refractivity contribution in [1.82, 2.24) is 0 Å². The van der Waals surface area contributed by atoms with Crippen molar-refractivity contribution in [3.05, 3.63) is 23.3 Å². The molecule has 0 spiro atoms. The molecule has 0 amide bonds. The summed E-state index contributed by atoms with van der Waals surface area (Å²) in [6.07, 6.45) is 11.6. The zero-order valence-electron chi connectivity index (χ0n) is 24.8. The molecule has 3 saturated carbocycles. The Balaban J connectivity index is 1.61. The monoisotopic (exact) mass is 530 g/mol. The van der Waals surface area contributed by atoms with E-state index in [2.05, 4.69) is 32.9 Å². The number of aliphatic hydroxyl groups is 1. The predicted octanol–water partition coefficient (Wildman–Crippen LogP) is 6.16. The van der Waals surface area contributed by atoms with Crippen molar-refractivity contribution in [3.63, 3.8) is 0 Å². The molecule has 0 aromatic heterocycles. The minimum Gasteiger partial charge on any atom is -0.462 e. The lowest BCUT2D eigenvalue weighted by atomic mass is 9.49. The Morgan fingerprint density at radius 3 is 2.37 bits per heavy atom. The molecule has 0 bridgehead atoms. The predicted molar refractivity (Wildman–Crippen MR) is 147 cm³/mol. The van der Waals surface area contributed by atoms with Gasteiger partial charge in [-0.15, -0.1) is 0 Å². The summed E-state index contributed by atoms with van der Waals surface area (Å²) in [5, 5.41) is 10.3. The third kappa shape index (κ3) is 5.37. The fraction of sp³-hybridized carbons (Fsp3) is 0.812. The van der Waals surface area contributed by atoms with Gasteiger partial charge in [0.05, 0.1) is 11.7 Å². The van der Waals surface area contributed by atoms with E-state index < -0.39 is 5.60 Å². The van der Waals surface area contributed by atoms with E-state index in [0.717, 1.165) is 25.7 Å². The van der Waals surface area contributed by atoms with Gasteiger partial charge < -0.3 is 19.3 Å². The molecule has 4 aliphatic carbocycles.